The lowest BCUT2D eigenvalue weighted by Gasteiger charge is -2.16. The van der Waals surface area contributed by atoms with E-state index in [2.05, 4.69) is 0 Å². The van der Waals surface area contributed by atoms with Crippen LogP contribution in [0.4, 0.5) is 4.39 Å². The molecule has 2 atom stereocenters. The van der Waals surface area contributed by atoms with Gasteiger partial charge in [0.1, 0.15) is 5.82 Å². The molecule has 0 saturated heterocycles. The van der Waals surface area contributed by atoms with Crippen LogP contribution in [0.2, 0.25) is 5.02 Å². The first kappa shape index (κ1) is 19.4. The van der Waals surface area contributed by atoms with E-state index in [9.17, 15) is 9.18 Å². The molecule has 0 heterocycles. The highest BCUT2D eigenvalue weighted by Gasteiger charge is 2.18. The molecule has 1 unspecified atom stereocenters. The van der Waals surface area contributed by atoms with E-state index in [1.165, 1.54) is 12.1 Å². The van der Waals surface area contributed by atoms with Gasteiger partial charge in [0.05, 0.1) is 12.5 Å². The summed E-state index contributed by atoms with van der Waals surface area (Å²) in [6.45, 7) is 3.98. The number of benzene rings is 2. The maximum absolute atomic E-state index is 13.9. The Labute approximate surface area is 152 Å². The molecule has 2 N–H and O–H groups in total. The van der Waals surface area contributed by atoms with Gasteiger partial charge in [-0.1, -0.05) is 42.8 Å². The minimum atomic E-state index is -0.308. The molecule has 2 aromatic carbocycles. The molecule has 0 aliphatic rings. The van der Waals surface area contributed by atoms with Crippen molar-refractivity contribution in [2.75, 3.05) is 6.61 Å². The number of ether oxygens (including phenoxy) is 1. The Morgan fingerprint density at radius 2 is 1.92 bits per heavy atom. The first-order chi connectivity index (χ1) is 11.9. The van der Waals surface area contributed by atoms with Crippen LogP contribution in [0.3, 0.4) is 0 Å². The maximum Gasteiger partial charge on any atom is 0.308 e. The van der Waals surface area contributed by atoms with Gasteiger partial charge >= 0.3 is 5.97 Å². The summed E-state index contributed by atoms with van der Waals surface area (Å²) in [5.41, 5.74) is 8.42. The second kappa shape index (κ2) is 8.97. The summed E-state index contributed by atoms with van der Waals surface area (Å²) in [7, 11) is 0. The van der Waals surface area contributed by atoms with Crippen LogP contribution in [0.5, 0.6) is 0 Å². The van der Waals surface area contributed by atoms with Gasteiger partial charge in [-0.15, -0.1) is 0 Å². The molecule has 0 saturated carbocycles. The van der Waals surface area contributed by atoms with Crippen molar-refractivity contribution in [3.63, 3.8) is 0 Å². The molecule has 5 heteroatoms. The summed E-state index contributed by atoms with van der Waals surface area (Å²) in [6, 6.07) is 11.9. The Bertz CT molecular complexity index is 718. The predicted octanol–water partition coefficient (Wildman–Crippen LogP) is 4.61. The highest BCUT2D eigenvalue weighted by molar-refractivity contribution is 6.30. The molecule has 0 amide bonds. The van der Waals surface area contributed by atoms with Crippen molar-refractivity contribution in [2.45, 2.75) is 32.7 Å². The summed E-state index contributed by atoms with van der Waals surface area (Å²) < 4.78 is 18.9. The summed E-state index contributed by atoms with van der Waals surface area (Å²) in [5, 5.41) is 0.496. The van der Waals surface area contributed by atoms with Crippen molar-refractivity contribution in [3.8, 4) is 11.1 Å². The molecule has 25 heavy (non-hydrogen) atoms. The van der Waals surface area contributed by atoms with E-state index in [0.29, 0.717) is 30.0 Å². The van der Waals surface area contributed by atoms with E-state index < -0.39 is 0 Å². The molecule has 0 spiro atoms. The van der Waals surface area contributed by atoms with E-state index in [1.807, 2.05) is 31.2 Å². The number of esters is 1. The monoisotopic (exact) mass is 363 g/mol. The Morgan fingerprint density at radius 1 is 1.24 bits per heavy atom. The number of carbonyl (C=O) groups is 1. The van der Waals surface area contributed by atoms with E-state index in [0.717, 1.165) is 11.1 Å². The lowest BCUT2D eigenvalue weighted by Crippen LogP contribution is -2.29. The molecule has 0 aliphatic heterocycles. The SMILES string of the molecule is CCOC(=O)C(C)C[C@H](N)Cc1ccc(-c2cc(Cl)ccc2F)cc1. The van der Waals surface area contributed by atoms with E-state index >= 15 is 0 Å². The zero-order chi connectivity index (χ0) is 18.4. The Kier molecular flexibility index (Phi) is 6.97. The molecule has 0 aliphatic carbocycles. The van der Waals surface area contributed by atoms with Crippen LogP contribution in [-0.2, 0) is 16.0 Å². The quantitative estimate of drug-likeness (QED) is 0.731. The van der Waals surface area contributed by atoms with Crippen molar-refractivity contribution in [2.24, 2.45) is 11.7 Å². The summed E-state index contributed by atoms with van der Waals surface area (Å²) >= 11 is 5.94. The van der Waals surface area contributed by atoms with Crippen molar-refractivity contribution in [1.82, 2.24) is 0 Å². The highest BCUT2D eigenvalue weighted by Crippen LogP contribution is 2.26. The molecule has 0 aromatic heterocycles. The van der Waals surface area contributed by atoms with Crippen LogP contribution in [0.15, 0.2) is 42.5 Å². The molecular weight excluding hydrogens is 341 g/mol. The molecule has 0 fully saturated rings. The highest BCUT2D eigenvalue weighted by atomic mass is 35.5. The van der Waals surface area contributed by atoms with E-state index in [1.54, 1.807) is 13.0 Å². The van der Waals surface area contributed by atoms with Gasteiger partial charge in [0.2, 0.25) is 0 Å². The summed E-state index contributed by atoms with van der Waals surface area (Å²) in [6.07, 6.45) is 1.20. The third-order valence-corrected chi connectivity index (χ3v) is 4.27. The normalized spacial score (nSPS) is 13.3. The molecule has 2 rings (SSSR count). The molecule has 134 valence electrons. The minimum Gasteiger partial charge on any atom is -0.466 e. The van der Waals surface area contributed by atoms with Crippen molar-refractivity contribution in [1.29, 1.82) is 0 Å². The van der Waals surface area contributed by atoms with Gasteiger partial charge in [-0.2, -0.15) is 0 Å². The second-order valence-electron chi connectivity index (χ2n) is 6.17. The number of nitrogens with two attached hydrogens (primary N) is 1. The van der Waals surface area contributed by atoms with E-state index in [4.69, 9.17) is 22.1 Å². The number of hydrogen-bond donors (Lipinski definition) is 1. The zero-order valence-electron chi connectivity index (χ0n) is 14.5. The van der Waals surface area contributed by atoms with Crippen molar-refractivity contribution in [3.05, 3.63) is 58.9 Å². The molecule has 0 radical (unpaired) electrons. The van der Waals surface area contributed by atoms with Gasteiger partial charge in [-0.3, -0.25) is 4.79 Å². The van der Waals surface area contributed by atoms with Crippen LogP contribution in [0, 0.1) is 11.7 Å². The van der Waals surface area contributed by atoms with Gasteiger partial charge in [-0.05, 0) is 49.1 Å². The average molecular weight is 364 g/mol. The molecule has 0 bridgehead atoms. The topological polar surface area (TPSA) is 52.3 Å². The Hall–Kier alpha value is -1.91. The van der Waals surface area contributed by atoms with Crippen LogP contribution in [0.25, 0.3) is 11.1 Å². The summed E-state index contributed by atoms with van der Waals surface area (Å²) in [4.78, 5) is 11.7. The smallest absolute Gasteiger partial charge is 0.308 e. The van der Waals surface area contributed by atoms with Gasteiger partial charge in [0.25, 0.3) is 0 Å². The number of rotatable bonds is 7. The lowest BCUT2D eigenvalue weighted by molar-refractivity contribution is -0.147. The Balaban J connectivity index is 2.00. The fourth-order valence-corrected chi connectivity index (χ4v) is 2.93. The first-order valence-corrected chi connectivity index (χ1v) is 8.75. The molecule has 3 nitrogen and oxygen atoms in total. The van der Waals surface area contributed by atoms with Gasteiger partial charge < -0.3 is 10.5 Å². The third-order valence-electron chi connectivity index (χ3n) is 4.04. The van der Waals surface area contributed by atoms with Crippen LogP contribution < -0.4 is 5.73 Å². The fraction of sp³-hybridized carbons (Fsp3) is 0.350. The third kappa shape index (κ3) is 5.55. The molecular formula is C20H23ClFNO2. The van der Waals surface area contributed by atoms with Gasteiger partial charge in [0, 0.05) is 16.6 Å². The van der Waals surface area contributed by atoms with Crippen molar-refractivity contribution >= 4 is 17.6 Å². The average Bonchev–Trinajstić information content (AvgIpc) is 2.58. The predicted molar refractivity (Wildman–Crippen MR) is 98.9 cm³/mol. The number of hydrogen-bond acceptors (Lipinski definition) is 3. The van der Waals surface area contributed by atoms with Gasteiger partial charge in [0.15, 0.2) is 0 Å². The number of carbonyl (C=O) groups excluding carboxylic acids is 1. The standard InChI is InChI=1S/C20H23ClFNO2/c1-3-25-20(24)13(2)10-17(23)11-14-4-6-15(7-5-14)18-12-16(21)8-9-19(18)22/h4-9,12-13,17H,3,10-11,23H2,1-2H3/t13?,17-/m0/s1. The largest absolute Gasteiger partial charge is 0.466 e. The van der Waals surface area contributed by atoms with Crippen molar-refractivity contribution < 1.29 is 13.9 Å². The summed E-state index contributed by atoms with van der Waals surface area (Å²) in [5.74, 6) is -0.753. The van der Waals surface area contributed by atoms with E-state index in [-0.39, 0.29) is 23.7 Å². The zero-order valence-corrected chi connectivity index (χ0v) is 15.2. The minimum absolute atomic E-state index is 0.145. The van der Waals surface area contributed by atoms with Gasteiger partial charge in [-0.25, -0.2) is 4.39 Å². The fourth-order valence-electron chi connectivity index (χ4n) is 2.76. The Morgan fingerprint density at radius 3 is 2.56 bits per heavy atom. The molecule has 2 aromatic rings. The lowest BCUT2D eigenvalue weighted by atomic mass is 9.95. The van der Waals surface area contributed by atoms with Crippen LogP contribution in [0.1, 0.15) is 25.8 Å². The second-order valence-corrected chi connectivity index (χ2v) is 6.61. The van der Waals surface area contributed by atoms with Crippen LogP contribution in [-0.4, -0.2) is 18.6 Å². The maximum atomic E-state index is 13.9. The van der Waals surface area contributed by atoms with Crippen LogP contribution >= 0.6 is 11.6 Å². The number of halogens is 2. The first-order valence-electron chi connectivity index (χ1n) is 8.37.